The second-order valence-electron chi connectivity index (χ2n) is 7.44. The Labute approximate surface area is 142 Å². The number of aromatic amines is 1. The van der Waals surface area contributed by atoms with Gasteiger partial charge in [-0.05, 0) is 68.4 Å². The first-order valence-electron chi connectivity index (χ1n) is 8.76. The van der Waals surface area contributed by atoms with E-state index in [0.29, 0.717) is 18.6 Å². The molecule has 0 spiro atoms. The van der Waals surface area contributed by atoms with Gasteiger partial charge < -0.3 is 19.5 Å². The molecule has 4 rings (SSSR count). The third-order valence-electron chi connectivity index (χ3n) is 5.56. The summed E-state index contributed by atoms with van der Waals surface area (Å²) in [5.74, 6) is 0.609. The fraction of sp³-hybridized carbons (Fsp3) is 0.526. The Bertz CT molecular complexity index is 733. The highest BCUT2D eigenvalue weighted by molar-refractivity contribution is 5.80. The lowest BCUT2D eigenvalue weighted by Crippen LogP contribution is -2.47. The van der Waals surface area contributed by atoms with Crippen LogP contribution in [-0.2, 0) is 11.2 Å². The number of benzene rings is 1. The molecule has 1 aromatic carbocycles. The Morgan fingerprint density at radius 2 is 2.12 bits per heavy atom. The minimum absolute atomic E-state index is 0.143. The summed E-state index contributed by atoms with van der Waals surface area (Å²) in [7, 11) is 4.26. The predicted molar refractivity (Wildman–Crippen MR) is 94.0 cm³/mol. The number of amides is 1. The van der Waals surface area contributed by atoms with Crippen molar-refractivity contribution in [2.45, 2.75) is 31.3 Å². The molecule has 1 aliphatic carbocycles. The molecule has 128 valence electrons. The quantitative estimate of drug-likeness (QED) is 0.919. The lowest BCUT2D eigenvalue weighted by atomic mass is 9.79. The van der Waals surface area contributed by atoms with E-state index >= 15 is 0 Å². The van der Waals surface area contributed by atoms with Crippen molar-refractivity contribution in [3.8, 4) is 0 Å². The van der Waals surface area contributed by atoms with Crippen LogP contribution in [0.2, 0.25) is 0 Å². The van der Waals surface area contributed by atoms with Crippen LogP contribution in [0.5, 0.6) is 0 Å². The summed E-state index contributed by atoms with van der Waals surface area (Å²) in [5.41, 5.74) is 2.41. The molecule has 1 saturated heterocycles. The van der Waals surface area contributed by atoms with Gasteiger partial charge >= 0.3 is 6.09 Å². The number of cyclic esters (lactones) is 1. The Morgan fingerprint density at radius 1 is 1.29 bits per heavy atom. The maximum absolute atomic E-state index is 12.1. The molecule has 1 saturated carbocycles. The molecule has 2 heterocycles. The lowest BCUT2D eigenvalue weighted by Gasteiger charge is -2.41. The topological polar surface area (TPSA) is 48.6 Å². The summed E-state index contributed by atoms with van der Waals surface area (Å²) < 4.78 is 5.34. The Morgan fingerprint density at radius 3 is 2.92 bits per heavy atom. The number of nitrogens with one attached hydrogen (secondary N) is 1. The smallest absolute Gasteiger partial charge is 0.410 e. The van der Waals surface area contributed by atoms with Crippen molar-refractivity contribution >= 4 is 17.0 Å². The van der Waals surface area contributed by atoms with E-state index in [1.807, 2.05) is 11.1 Å². The summed E-state index contributed by atoms with van der Waals surface area (Å²) in [5, 5.41) is 1.22. The molecular weight excluding hydrogens is 302 g/mol. The molecular formula is C19H25N3O2. The van der Waals surface area contributed by atoms with Crippen LogP contribution >= 0.6 is 0 Å². The van der Waals surface area contributed by atoms with Gasteiger partial charge in [0, 0.05) is 24.3 Å². The maximum Gasteiger partial charge on any atom is 0.410 e. The molecule has 1 aliphatic heterocycles. The molecule has 0 radical (unpaired) electrons. The minimum Gasteiger partial charge on any atom is -0.447 e. The number of fused-ring (bicyclic) bond motifs is 1. The van der Waals surface area contributed by atoms with Gasteiger partial charge in [0.2, 0.25) is 0 Å². The average Bonchev–Trinajstić information content (AvgIpc) is 3.09. The molecule has 2 aliphatic rings. The van der Waals surface area contributed by atoms with E-state index in [0.717, 1.165) is 18.5 Å². The molecule has 1 amide bonds. The van der Waals surface area contributed by atoms with Crippen LogP contribution in [0, 0.1) is 5.92 Å². The van der Waals surface area contributed by atoms with Gasteiger partial charge in [-0.3, -0.25) is 0 Å². The van der Waals surface area contributed by atoms with Gasteiger partial charge in [-0.2, -0.15) is 0 Å². The molecule has 5 heteroatoms. The maximum atomic E-state index is 12.1. The van der Waals surface area contributed by atoms with Crippen LogP contribution in [0.1, 0.15) is 18.4 Å². The summed E-state index contributed by atoms with van der Waals surface area (Å²) in [6.07, 6.45) is 5.03. The van der Waals surface area contributed by atoms with Gasteiger partial charge in [0.05, 0.1) is 6.04 Å². The van der Waals surface area contributed by atoms with E-state index in [1.54, 1.807) is 0 Å². The van der Waals surface area contributed by atoms with Gasteiger partial charge in [0.25, 0.3) is 0 Å². The van der Waals surface area contributed by atoms with Crippen LogP contribution in [-0.4, -0.2) is 60.2 Å². The fourth-order valence-electron chi connectivity index (χ4n) is 3.93. The Kier molecular flexibility index (Phi) is 3.96. The number of H-pyrrole nitrogens is 1. The monoisotopic (exact) mass is 327 g/mol. The standard InChI is InChI=1S/C19H25N3O2/c1-21(2)16-9-14(10-16)11-22-17(12-24-19(22)23)8-13-3-4-18-15(7-13)5-6-20-18/h3-7,14,16-17,20H,8-12H2,1-2H3/t14?,16?,17-/m0/s1. The molecule has 1 atom stereocenters. The number of aromatic nitrogens is 1. The van der Waals surface area contributed by atoms with Crippen LogP contribution < -0.4 is 0 Å². The summed E-state index contributed by atoms with van der Waals surface area (Å²) in [6, 6.07) is 9.38. The van der Waals surface area contributed by atoms with Crippen LogP contribution in [0.25, 0.3) is 10.9 Å². The Balaban J connectivity index is 1.41. The highest BCUT2D eigenvalue weighted by Gasteiger charge is 2.38. The first-order valence-corrected chi connectivity index (χ1v) is 8.76. The summed E-state index contributed by atoms with van der Waals surface area (Å²) in [4.78, 5) is 19.6. The van der Waals surface area contributed by atoms with E-state index in [9.17, 15) is 4.79 Å². The molecule has 0 unspecified atom stereocenters. The highest BCUT2D eigenvalue weighted by atomic mass is 16.6. The number of nitrogens with zero attached hydrogens (tertiary/aromatic N) is 2. The largest absolute Gasteiger partial charge is 0.447 e. The van der Waals surface area contributed by atoms with Crippen molar-refractivity contribution in [2.75, 3.05) is 27.2 Å². The van der Waals surface area contributed by atoms with Crippen LogP contribution in [0.3, 0.4) is 0 Å². The first kappa shape index (κ1) is 15.5. The summed E-state index contributed by atoms with van der Waals surface area (Å²) >= 11 is 0. The zero-order valence-electron chi connectivity index (χ0n) is 14.4. The number of hydrogen-bond acceptors (Lipinski definition) is 3. The first-order chi connectivity index (χ1) is 11.6. The number of ether oxygens (including phenoxy) is 1. The third-order valence-corrected chi connectivity index (χ3v) is 5.56. The molecule has 1 aromatic heterocycles. The van der Waals surface area contributed by atoms with Gasteiger partial charge in [0.15, 0.2) is 0 Å². The number of carbonyl (C=O) groups excluding carboxylic acids is 1. The number of rotatable bonds is 5. The van der Waals surface area contributed by atoms with Gasteiger partial charge in [-0.15, -0.1) is 0 Å². The van der Waals surface area contributed by atoms with Crippen molar-refractivity contribution in [3.05, 3.63) is 36.0 Å². The second kappa shape index (κ2) is 6.13. The normalized spacial score (nSPS) is 26.9. The Hall–Kier alpha value is -2.01. The van der Waals surface area contributed by atoms with E-state index < -0.39 is 0 Å². The third kappa shape index (κ3) is 2.88. The van der Waals surface area contributed by atoms with E-state index in [-0.39, 0.29) is 12.1 Å². The molecule has 0 bridgehead atoms. The lowest BCUT2D eigenvalue weighted by molar-refractivity contribution is 0.0892. The van der Waals surface area contributed by atoms with Gasteiger partial charge in [0.1, 0.15) is 6.61 Å². The molecule has 5 nitrogen and oxygen atoms in total. The fourth-order valence-corrected chi connectivity index (χ4v) is 3.93. The predicted octanol–water partition coefficient (Wildman–Crippen LogP) is 2.87. The highest BCUT2D eigenvalue weighted by Crippen LogP contribution is 2.33. The molecule has 1 N–H and O–H groups in total. The molecule has 24 heavy (non-hydrogen) atoms. The summed E-state index contributed by atoms with van der Waals surface area (Å²) in [6.45, 7) is 1.34. The molecule has 2 fully saturated rings. The van der Waals surface area contributed by atoms with E-state index in [4.69, 9.17) is 4.74 Å². The van der Waals surface area contributed by atoms with Crippen molar-refractivity contribution < 1.29 is 9.53 Å². The van der Waals surface area contributed by atoms with Crippen molar-refractivity contribution in [1.82, 2.24) is 14.8 Å². The number of carbonyl (C=O) groups is 1. The molecule has 2 aromatic rings. The van der Waals surface area contributed by atoms with Crippen molar-refractivity contribution in [1.29, 1.82) is 0 Å². The van der Waals surface area contributed by atoms with Gasteiger partial charge in [-0.1, -0.05) is 6.07 Å². The number of hydrogen-bond donors (Lipinski definition) is 1. The van der Waals surface area contributed by atoms with Crippen molar-refractivity contribution in [2.24, 2.45) is 5.92 Å². The zero-order valence-corrected chi connectivity index (χ0v) is 14.4. The SMILES string of the molecule is CN(C)C1CC(CN2C(=O)OC[C@@H]2Cc2ccc3[nH]ccc3c2)C1. The average molecular weight is 327 g/mol. The second-order valence-corrected chi connectivity index (χ2v) is 7.44. The van der Waals surface area contributed by atoms with Crippen LogP contribution in [0.15, 0.2) is 30.5 Å². The van der Waals surface area contributed by atoms with Gasteiger partial charge in [-0.25, -0.2) is 4.79 Å². The van der Waals surface area contributed by atoms with E-state index in [1.165, 1.54) is 23.8 Å². The van der Waals surface area contributed by atoms with E-state index in [2.05, 4.69) is 48.2 Å². The van der Waals surface area contributed by atoms with Crippen LogP contribution in [0.4, 0.5) is 4.79 Å². The van der Waals surface area contributed by atoms with Crippen molar-refractivity contribution in [3.63, 3.8) is 0 Å². The zero-order chi connectivity index (χ0) is 16.7. The minimum atomic E-state index is -0.143.